The van der Waals surface area contributed by atoms with Crippen molar-refractivity contribution >= 4 is 15.9 Å². The maximum absolute atomic E-state index is 14.2. The van der Waals surface area contributed by atoms with Gasteiger partial charge in [0.2, 0.25) is 15.9 Å². The lowest BCUT2D eigenvalue weighted by Gasteiger charge is -2.23. The topological polar surface area (TPSA) is 92.3 Å². The van der Waals surface area contributed by atoms with Crippen LogP contribution in [0.1, 0.15) is 17.7 Å². The third-order valence-electron chi connectivity index (χ3n) is 5.60. The van der Waals surface area contributed by atoms with Gasteiger partial charge in [-0.05, 0) is 60.2 Å². The monoisotopic (exact) mass is 544 g/mol. The first-order chi connectivity index (χ1) is 17.3. The fourth-order valence-corrected chi connectivity index (χ4v) is 5.47. The Kier molecular flexibility index (Phi) is 7.24. The van der Waals surface area contributed by atoms with E-state index in [2.05, 4.69) is 15.5 Å². The van der Waals surface area contributed by atoms with E-state index in [1.807, 2.05) is 0 Å². The minimum absolute atomic E-state index is 0.0484. The van der Waals surface area contributed by atoms with Gasteiger partial charge >= 0.3 is 6.18 Å². The normalized spacial score (nSPS) is 18.6. The van der Waals surface area contributed by atoms with E-state index in [0.717, 1.165) is 42.5 Å². The fraction of sp³-hybridized carbons (Fsp3) is 0.261. The van der Waals surface area contributed by atoms with E-state index in [-0.39, 0.29) is 28.3 Å². The zero-order valence-electron chi connectivity index (χ0n) is 18.7. The molecule has 2 unspecified atom stereocenters. The van der Waals surface area contributed by atoms with Crippen molar-refractivity contribution in [2.75, 3.05) is 6.54 Å². The van der Waals surface area contributed by atoms with Crippen LogP contribution in [-0.4, -0.2) is 47.6 Å². The lowest BCUT2D eigenvalue weighted by atomic mass is 10.1. The standard InChI is InChI=1S/C23H18F6N4O3S/c24-15-1-3-18(4-2-15)37(35,36)33-12-17(26)10-20(33)22(34)30-11-13-7-14(9-16(25)8-13)19-5-6-21(32-31-19)23(27,28)29/h1-9,17,20H,10-12H2,(H,30,34). The number of nitrogens with zero attached hydrogens (tertiary/aromatic N) is 3. The van der Waals surface area contributed by atoms with Crippen molar-refractivity contribution in [1.29, 1.82) is 0 Å². The maximum Gasteiger partial charge on any atom is 0.435 e. The number of halogens is 6. The molecule has 14 heteroatoms. The van der Waals surface area contributed by atoms with Crippen LogP contribution in [0.5, 0.6) is 0 Å². The lowest BCUT2D eigenvalue weighted by molar-refractivity contribution is -0.141. The summed E-state index contributed by atoms with van der Waals surface area (Å²) in [6.45, 7) is -0.871. The van der Waals surface area contributed by atoms with Crippen LogP contribution in [-0.2, 0) is 27.5 Å². The van der Waals surface area contributed by atoms with E-state index in [1.54, 1.807) is 0 Å². The van der Waals surface area contributed by atoms with Gasteiger partial charge in [0.15, 0.2) is 5.69 Å². The molecule has 196 valence electrons. The van der Waals surface area contributed by atoms with Gasteiger partial charge in [0.05, 0.1) is 10.6 Å². The number of hydrogen-bond donors (Lipinski definition) is 1. The van der Waals surface area contributed by atoms with Crippen molar-refractivity contribution in [3.8, 4) is 11.3 Å². The highest BCUT2D eigenvalue weighted by atomic mass is 32.2. The fourth-order valence-electron chi connectivity index (χ4n) is 3.85. The van der Waals surface area contributed by atoms with Crippen molar-refractivity contribution in [3.05, 3.63) is 77.5 Å². The van der Waals surface area contributed by atoms with Gasteiger partial charge in [0, 0.05) is 25.1 Å². The molecule has 1 aliphatic heterocycles. The van der Waals surface area contributed by atoms with E-state index in [4.69, 9.17) is 0 Å². The number of alkyl halides is 4. The molecule has 0 aliphatic carbocycles. The van der Waals surface area contributed by atoms with Gasteiger partial charge in [-0.1, -0.05) is 0 Å². The van der Waals surface area contributed by atoms with Crippen LogP contribution in [0.15, 0.2) is 59.5 Å². The van der Waals surface area contributed by atoms with Gasteiger partial charge in [0.25, 0.3) is 0 Å². The van der Waals surface area contributed by atoms with Crippen molar-refractivity contribution in [2.45, 2.75) is 36.3 Å². The molecule has 1 fully saturated rings. The van der Waals surface area contributed by atoms with Crippen molar-refractivity contribution in [2.24, 2.45) is 0 Å². The first-order valence-electron chi connectivity index (χ1n) is 10.7. The number of hydrogen-bond acceptors (Lipinski definition) is 5. The van der Waals surface area contributed by atoms with Gasteiger partial charge in [-0.25, -0.2) is 21.6 Å². The summed E-state index contributed by atoms with van der Waals surface area (Å²) in [5, 5.41) is 9.00. The molecule has 4 rings (SSSR count). The highest BCUT2D eigenvalue weighted by Gasteiger charge is 2.44. The summed E-state index contributed by atoms with van der Waals surface area (Å²) in [6, 6.07) is 7.60. The largest absolute Gasteiger partial charge is 0.435 e. The second kappa shape index (κ2) is 10.1. The minimum Gasteiger partial charge on any atom is -0.351 e. The van der Waals surface area contributed by atoms with Crippen LogP contribution >= 0.6 is 0 Å². The number of sulfonamides is 1. The maximum atomic E-state index is 14.2. The summed E-state index contributed by atoms with van der Waals surface area (Å²) in [5.41, 5.74) is -0.987. The molecule has 37 heavy (non-hydrogen) atoms. The first-order valence-corrected chi connectivity index (χ1v) is 12.2. The molecule has 2 atom stereocenters. The number of nitrogens with one attached hydrogen (secondary N) is 1. The molecule has 2 heterocycles. The van der Waals surface area contributed by atoms with Gasteiger partial charge in [-0.3, -0.25) is 4.79 Å². The molecule has 0 saturated carbocycles. The van der Waals surface area contributed by atoms with Gasteiger partial charge < -0.3 is 5.32 Å². The summed E-state index contributed by atoms with van der Waals surface area (Å²) in [5.74, 6) is -2.28. The zero-order chi connectivity index (χ0) is 27.0. The predicted octanol–water partition coefficient (Wildman–Crippen LogP) is 3.86. The zero-order valence-corrected chi connectivity index (χ0v) is 19.5. The predicted molar refractivity (Wildman–Crippen MR) is 118 cm³/mol. The highest BCUT2D eigenvalue weighted by Crippen LogP contribution is 2.30. The number of amides is 1. The van der Waals surface area contributed by atoms with E-state index in [0.29, 0.717) is 10.4 Å². The molecule has 7 nitrogen and oxygen atoms in total. The molecule has 0 bridgehead atoms. The molecule has 0 spiro atoms. The average molecular weight is 544 g/mol. The van der Waals surface area contributed by atoms with Crippen LogP contribution in [0, 0.1) is 11.6 Å². The van der Waals surface area contributed by atoms with Crippen LogP contribution in [0.25, 0.3) is 11.3 Å². The Hall–Kier alpha value is -3.52. The van der Waals surface area contributed by atoms with Crippen LogP contribution in [0.4, 0.5) is 26.3 Å². The Morgan fingerprint density at radius 2 is 1.70 bits per heavy atom. The molecule has 2 aromatic carbocycles. The third-order valence-corrected chi connectivity index (χ3v) is 7.49. The Labute approximate surface area is 207 Å². The van der Waals surface area contributed by atoms with Crippen molar-refractivity contribution < 1.29 is 39.6 Å². The molecule has 0 radical (unpaired) electrons. The van der Waals surface area contributed by atoms with Crippen molar-refractivity contribution in [1.82, 2.24) is 19.8 Å². The number of carbonyl (C=O) groups is 1. The van der Waals surface area contributed by atoms with E-state index in [1.165, 1.54) is 6.07 Å². The van der Waals surface area contributed by atoms with E-state index >= 15 is 0 Å². The van der Waals surface area contributed by atoms with Gasteiger partial charge in [-0.2, -0.15) is 17.5 Å². The van der Waals surface area contributed by atoms with Crippen LogP contribution in [0.3, 0.4) is 0 Å². The quantitative estimate of drug-likeness (QED) is 0.476. The SMILES string of the molecule is O=C(NCc1cc(F)cc(-c2ccc(C(F)(F)F)nn2)c1)C1CC(F)CN1S(=O)(=O)c1ccc(F)cc1. The van der Waals surface area contributed by atoms with Gasteiger partial charge in [0.1, 0.15) is 23.8 Å². The summed E-state index contributed by atoms with van der Waals surface area (Å²) in [7, 11) is -4.32. The van der Waals surface area contributed by atoms with Crippen LogP contribution in [0.2, 0.25) is 0 Å². The molecule has 1 saturated heterocycles. The second-order valence-electron chi connectivity index (χ2n) is 8.24. The number of benzene rings is 2. The molecular formula is C23H18F6N4O3S. The molecule has 3 aromatic rings. The first kappa shape index (κ1) is 26.5. The minimum atomic E-state index is -4.69. The Morgan fingerprint density at radius 3 is 2.32 bits per heavy atom. The molecule has 1 amide bonds. The second-order valence-corrected chi connectivity index (χ2v) is 10.1. The lowest BCUT2D eigenvalue weighted by Crippen LogP contribution is -2.45. The van der Waals surface area contributed by atoms with E-state index < -0.39 is 64.6 Å². The average Bonchev–Trinajstić information content (AvgIpc) is 3.25. The number of rotatable bonds is 6. The van der Waals surface area contributed by atoms with Crippen molar-refractivity contribution in [3.63, 3.8) is 0 Å². The Balaban J connectivity index is 1.50. The molecule has 1 aliphatic rings. The van der Waals surface area contributed by atoms with Gasteiger partial charge in [-0.15, -0.1) is 10.2 Å². The summed E-state index contributed by atoms with van der Waals surface area (Å²) in [6.07, 6.45) is -6.73. The highest BCUT2D eigenvalue weighted by molar-refractivity contribution is 7.89. The number of carbonyl (C=O) groups excluding carboxylic acids is 1. The molecule has 1 N–H and O–H groups in total. The summed E-state index contributed by atoms with van der Waals surface area (Å²) >= 11 is 0. The summed E-state index contributed by atoms with van der Waals surface area (Å²) in [4.78, 5) is 12.5. The Morgan fingerprint density at radius 1 is 1.00 bits per heavy atom. The number of aromatic nitrogens is 2. The smallest absolute Gasteiger partial charge is 0.351 e. The molecule has 1 aromatic heterocycles. The van der Waals surface area contributed by atoms with E-state index in [9.17, 15) is 39.6 Å². The summed E-state index contributed by atoms with van der Waals surface area (Å²) < 4.78 is 106. The molecular weight excluding hydrogens is 526 g/mol. The third kappa shape index (κ3) is 5.91. The Bertz CT molecular complexity index is 1400. The van der Waals surface area contributed by atoms with Crippen LogP contribution < -0.4 is 5.32 Å².